The summed E-state index contributed by atoms with van der Waals surface area (Å²) in [5, 5.41) is 6.85. The topological polar surface area (TPSA) is 31.4 Å². The van der Waals surface area contributed by atoms with E-state index in [1.165, 1.54) is 25.2 Å². The molecule has 0 radical (unpaired) electrons. The molecule has 114 valence electrons. The second-order valence-electron chi connectivity index (χ2n) is 6.03. The van der Waals surface area contributed by atoms with Crippen molar-refractivity contribution in [1.82, 2.24) is 15.2 Å². The van der Waals surface area contributed by atoms with Crippen LogP contribution in [0.25, 0.3) is 0 Å². The average molecular weight is 296 g/mol. The summed E-state index contributed by atoms with van der Waals surface area (Å²) in [6.45, 7) is 9.02. The van der Waals surface area contributed by atoms with Crippen molar-refractivity contribution in [2.24, 2.45) is 5.92 Å². The molecular formula is C15H28N4S. The number of likely N-dealkylation sites (tertiary alicyclic amines) is 1. The molecule has 2 atom stereocenters. The highest BCUT2D eigenvalue weighted by Gasteiger charge is 2.22. The van der Waals surface area contributed by atoms with Crippen LogP contribution in [-0.2, 0) is 0 Å². The van der Waals surface area contributed by atoms with Gasteiger partial charge in [0.2, 0.25) is 0 Å². The van der Waals surface area contributed by atoms with Crippen molar-refractivity contribution in [2.45, 2.75) is 32.7 Å². The minimum absolute atomic E-state index is 0.353. The van der Waals surface area contributed by atoms with E-state index in [-0.39, 0.29) is 0 Å². The molecule has 20 heavy (non-hydrogen) atoms. The first-order chi connectivity index (χ1) is 9.60. The zero-order chi connectivity index (χ0) is 14.5. The molecule has 0 bridgehead atoms. The summed E-state index contributed by atoms with van der Waals surface area (Å²) in [5.41, 5.74) is 1.17. The zero-order valence-electron chi connectivity index (χ0n) is 13.2. The van der Waals surface area contributed by atoms with Crippen LogP contribution in [0.1, 0.15) is 38.4 Å². The molecule has 2 rings (SSSR count). The highest BCUT2D eigenvalue weighted by atomic mass is 32.1. The molecule has 1 N–H and O–H groups in total. The third kappa shape index (κ3) is 4.17. The van der Waals surface area contributed by atoms with E-state index in [2.05, 4.69) is 48.4 Å². The van der Waals surface area contributed by atoms with E-state index in [1.807, 2.05) is 0 Å². The SMILES string of the molecule is CCCNC(C)c1csc(N(C)CC2CCN(C)C2)n1. The number of hydrogen-bond acceptors (Lipinski definition) is 5. The smallest absolute Gasteiger partial charge is 0.185 e. The summed E-state index contributed by atoms with van der Waals surface area (Å²) in [6, 6.07) is 0.353. The molecule has 5 heteroatoms. The number of nitrogens with one attached hydrogen (secondary N) is 1. The molecule has 0 aliphatic carbocycles. The van der Waals surface area contributed by atoms with Gasteiger partial charge in [0.1, 0.15) is 0 Å². The Morgan fingerprint density at radius 2 is 2.40 bits per heavy atom. The lowest BCUT2D eigenvalue weighted by Gasteiger charge is -2.20. The van der Waals surface area contributed by atoms with Crippen LogP contribution in [-0.4, -0.2) is 50.2 Å². The number of nitrogens with zero attached hydrogens (tertiary/aromatic N) is 3. The molecule has 2 unspecified atom stereocenters. The van der Waals surface area contributed by atoms with Crippen molar-refractivity contribution in [3.8, 4) is 0 Å². The predicted octanol–water partition coefficient (Wildman–Crippen LogP) is 2.59. The van der Waals surface area contributed by atoms with E-state index in [0.717, 1.165) is 30.6 Å². The van der Waals surface area contributed by atoms with Crippen LogP contribution in [0.15, 0.2) is 5.38 Å². The van der Waals surface area contributed by atoms with E-state index in [1.54, 1.807) is 11.3 Å². The van der Waals surface area contributed by atoms with Gasteiger partial charge in [-0.15, -0.1) is 11.3 Å². The Bertz CT molecular complexity index is 406. The lowest BCUT2D eigenvalue weighted by atomic mass is 10.1. The number of hydrogen-bond donors (Lipinski definition) is 1. The summed E-state index contributed by atoms with van der Waals surface area (Å²) in [5.74, 6) is 0.785. The molecule has 0 aromatic carbocycles. The number of rotatable bonds is 7. The van der Waals surface area contributed by atoms with Crippen LogP contribution in [0.5, 0.6) is 0 Å². The number of aromatic nitrogens is 1. The molecule has 2 heterocycles. The highest BCUT2D eigenvalue weighted by molar-refractivity contribution is 7.13. The van der Waals surface area contributed by atoms with Gasteiger partial charge in [-0.2, -0.15) is 0 Å². The van der Waals surface area contributed by atoms with E-state index in [0.29, 0.717) is 6.04 Å². The molecule has 1 aromatic rings. The summed E-state index contributed by atoms with van der Waals surface area (Å²) < 4.78 is 0. The fourth-order valence-electron chi connectivity index (χ4n) is 2.76. The van der Waals surface area contributed by atoms with Gasteiger partial charge in [0.15, 0.2) is 5.13 Å². The van der Waals surface area contributed by atoms with Gasteiger partial charge in [-0.3, -0.25) is 0 Å². The molecular weight excluding hydrogens is 268 g/mol. The van der Waals surface area contributed by atoms with Gasteiger partial charge >= 0.3 is 0 Å². The first-order valence-electron chi connectivity index (χ1n) is 7.68. The summed E-state index contributed by atoms with van der Waals surface area (Å²) >= 11 is 1.76. The van der Waals surface area contributed by atoms with Crippen molar-refractivity contribution >= 4 is 16.5 Å². The maximum Gasteiger partial charge on any atom is 0.185 e. The molecule has 1 aromatic heterocycles. The van der Waals surface area contributed by atoms with Gasteiger partial charge in [0.25, 0.3) is 0 Å². The molecule has 0 amide bonds. The number of anilines is 1. The molecule has 0 saturated carbocycles. The largest absolute Gasteiger partial charge is 0.351 e. The van der Waals surface area contributed by atoms with Gasteiger partial charge < -0.3 is 15.1 Å². The van der Waals surface area contributed by atoms with Gasteiger partial charge in [0.05, 0.1) is 5.69 Å². The van der Waals surface area contributed by atoms with Crippen LogP contribution in [0.2, 0.25) is 0 Å². The Hall–Kier alpha value is -0.650. The lowest BCUT2D eigenvalue weighted by molar-refractivity contribution is 0.396. The fraction of sp³-hybridized carbons (Fsp3) is 0.800. The molecule has 1 fully saturated rings. The lowest BCUT2D eigenvalue weighted by Crippen LogP contribution is -2.27. The quantitative estimate of drug-likeness (QED) is 0.838. The zero-order valence-corrected chi connectivity index (χ0v) is 14.0. The van der Waals surface area contributed by atoms with Gasteiger partial charge in [-0.25, -0.2) is 4.98 Å². The average Bonchev–Trinajstić information content (AvgIpc) is 3.05. The Morgan fingerprint density at radius 3 is 3.05 bits per heavy atom. The Kier molecular flexibility index (Phi) is 5.81. The van der Waals surface area contributed by atoms with Crippen LogP contribution >= 0.6 is 11.3 Å². The normalized spacial score (nSPS) is 21.3. The van der Waals surface area contributed by atoms with Crippen LogP contribution in [0.3, 0.4) is 0 Å². The standard InChI is InChI=1S/C15H28N4S/c1-5-7-16-12(2)14-11-20-15(17-14)19(4)10-13-6-8-18(3)9-13/h11-13,16H,5-10H2,1-4H3. The van der Waals surface area contributed by atoms with Crippen molar-refractivity contribution < 1.29 is 0 Å². The third-order valence-corrected chi connectivity index (χ3v) is 4.97. The van der Waals surface area contributed by atoms with Crippen LogP contribution in [0, 0.1) is 5.92 Å². The molecule has 1 aliphatic heterocycles. The maximum absolute atomic E-state index is 4.79. The van der Waals surface area contributed by atoms with Crippen LogP contribution in [0.4, 0.5) is 5.13 Å². The summed E-state index contributed by atoms with van der Waals surface area (Å²) in [6.07, 6.45) is 2.48. The Balaban J connectivity index is 1.87. The van der Waals surface area contributed by atoms with Gasteiger partial charge in [-0.05, 0) is 45.8 Å². The number of thiazole rings is 1. The van der Waals surface area contributed by atoms with Crippen molar-refractivity contribution in [2.75, 3.05) is 45.2 Å². The molecule has 4 nitrogen and oxygen atoms in total. The minimum atomic E-state index is 0.353. The molecule has 1 saturated heterocycles. The summed E-state index contributed by atoms with van der Waals surface area (Å²) in [7, 11) is 4.38. The second kappa shape index (κ2) is 7.38. The Morgan fingerprint density at radius 1 is 1.60 bits per heavy atom. The Labute approximate surface area is 127 Å². The maximum atomic E-state index is 4.79. The summed E-state index contributed by atoms with van der Waals surface area (Å²) in [4.78, 5) is 9.54. The van der Waals surface area contributed by atoms with E-state index in [4.69, 9.17) is 4.98 Å². The van der Waals surface area contributed by atoms with Gasteiger partial charge in [0, 0.05) is 31.6 Å². The second-order valence-corrected chi connectivity index (χ2v) is 6.86. The fourth-order valence-corrected chi connectivity index (χ4v) is 3.65. The molecule has 1 aliphatic rings. The highest BCUT2D eigenvalue weighted by Crippen LogP contribution is 2.25. The van der Waals surface area contributed by atoms with Crippen LogP contribution < -0.4 is 10.2 Å². The van der Waals surface area contributed by atoms with E-state index < -0.39 is 0 Å². The first-order valence-corrected chi connectivity index (χ1v) is 8.56. The van der Waals surface area contributed by atoms with Gasteiger partial charge in [-0.1, -0.05) is 6.92 Å². The van der Waals surface area contributed by atoms with Crippen molar-refractivity contribution in [3.05, 3.63) is 11.1 Å². The monoisotopic (exact) mass is 296 g/mol. The predicted molar refractivity (Wildman–Crippen MR) is 87.7 cm³/mol. The minimum Gasteiger partial charge on any atom is -0.351 e. The molecule has 0 spiro atoms. The van der Waals surface area contributed by atoms with Crippen molar-refractivity contribution in [1.29, 1.82) is 0 Å². The first kappa shape index (κ1) is 15.7. The van der Waals surface area contributed by atoms with E-state index >= 15 is 0 Å². The van der Waals surface area contributed by atoms with E-state index in [9.17, 15) is 0 Å². The van der Waals surface area contributed by atoms with Crippen molar-refractivity contribution in [3.63, 3.8) is 0 Å². The third-order valence-electron chi connectivity index (χ3n) is 4.00.